The molecule has 7 heteroatoms. The number of thiophene rings is 2. The number of hydrogen-bond acceptors (Lipinski definition) is 5. The number of hydrogen-bond donors (Lipinski definition) is 0. The lowest BCUT2D eigenvalue weighted by molar-refractivity contribution is 0.0692. The van der Waals surface area contributed by atoms with Gasteiger partial charge in [0.25, 0.3) is 11.5 Å². The van der Waals surface area contributed by atoms with E-state index in [-0.39, 0.29) is 17.5 Å². The van der Waals surface area contributed by atoms with Crippen LogP contribution in [0.3, 0.4) is 0 Å². The summed E-state index contributed by atoms with van der Waals surface area (Å²) < 4.78 is 1.26. The number of aromatic nitrogens is 2. The van der Waals surface area contributed by atoms with Gasteiger partial charge in [0.2, 0.25) is 0 Å². The van der Waals surface area contributed by atoms with Crippen molar-refractivity contribution in [3.05, 3.63) is 84.6 Å². The molecule has 0 fully saturated rings. The summed E-state index contributed by atoms with van der Waals surface area (Å²) in [5.74, 6) is -0.137. The Morgan fingerprint density at radius 1 is 1.07 bits per heavy atom. The van der Waals surface area contributed by atoms with E-state index in [0.717, 1.165) is 11.3 Å². The Morgan fingerprint density at radius 2 is 1.89 bits per heavy atom. The van der Waals surface area contributed by atoms with Crippen molar-refractivity contribution in [3.63, 3.8) is 0 Å². The van der Waals surface area contributed by atoms with Crippen LogP contribution in [-0.4, -0.2) is 27.1 Å². The van der Waals surface area contributed by atoms with E-state index in [1.54, 1.807) is 41.9 Å². The average molecular weight is 408 g/mol. The first kappa shape index (κ1) is 17.3. The highest BCUT2D eigenvalue weighted by Gasteiger charge is 2.35. The fraction of sp³-hybridized carbons (Fsp3) is 0.190. The molecule has 1 amide bonds. The largest absolute Gasteiger partial charge is 0.325 e. The van der Waals surface area contributed by atoms with Crippen LogP contribution in [0.5, 0.6) is 0 Å². The second kappa shape index (κ2) is 6.68. The van der Waals surface area contributed by atoms with Crippen LogP contribution < -0.4 is 5.56 Å². The van der Waals surface area contributed by atoms with Gasteiger partial charge in [0.05, 0.1) is 11.4 Å². The molecule has 3 aromatic heterocycles. The minimum atomic E-state index is -0.194. The van der Waals surface area contributed by atoms with Crippen LogP contribution in [0, 0.1) is 0 Å². The summed E-state index contributed by atoms with van der Waals surface area (Å²) in [6.45, 7) is 0.633. The van der Waals surface area contributed by atoms with Crippen molar-refractivity contribution in [3.8, 4) is 0 Å². The third-order valence-electron chi connectivity index (χ3n) is 5.20. The van der Waals surface area contributed by atoms with Crippen molar-refractivity contribution >= 4 is 39.4 Å². The van der Waals surface area contributed by atoms with Crippen LogP contribution in [0.25, 0.3) is 10.8 Å². The Balaban J connectivity index is 1.67. The molecule has 0 N–H and O–H groups in total. The van der Waals surface area contributed by atoms with Crippen LogP contribution in [0.2, 0.25) is 0 Å². The number of aryl methyl sites for hydroxylation is 1. The molecule has 0 aliphatic carbocycles. The van der Waals surface area contributed by atoms with E-state index in [4.69, 9.17) is 0 Å². The first-order chi connectivity index (χ1) is 13.6. The van der Waals surface area contributed by atoms with Gasteiger partial charge in [0, 0.05) is 28.7 Å². The Hall–Kier alpha value is -2.77. The SMILES string of the molecule is Cn1nc(C(=O)N2CCc3sccc3[C@@H]2c2cccs2)c2ccccc2c1=O. The Kier molecular flexibility index (Phi) is 4.14. The van der Waals surface area contributed by atoms with Gasteiger partial charge in [0.15, 0.2) is 5.69 Å². The summed E-state index contributed by atoms with van der Waals surface area (Å²) in [6.07, 6.45) is 0.838. The van der Waals surface area contributed by atoms with Crippen molar-refractivity contribution in [2.75, 3.05) is 6.54 Å². The van der Waals surface area contributed by atoms with Gasteiger partial charge in [-0.05, 0) is 40.9 Å². The quantitative estimate of drug-likeness (QED) is 0.507. The topological polar surface area (TPSA) is 55.2 Å². The molecule has 1 aromatic carbocycles. The number of fused-ring (bicyclic) bond motifs is 2. The van der Waals surface area contributed by atoms with E-state index in [1.807, 2.05) is 28.5 Å². The van der Waals surface area contributed by atoms with Gasteiger partial charge < -0.3 is 4.90 Å². The predicted molar refractivity (Wildman–Crippen MR) is 112 cm³/mol. The smallest absolute Gasteiger partial charge is 0.275 e. The summed E-state index contributed by atoms with van der Waals surface area (Å²) in [5.41, 5.74) is 1.33. The monoisotopic (exact) mass is 407 g/mol. The van der Waals surface area contributed by atoms with Gasteiger partial charge in [-0.15, -0.1) is 22.7 Å². The van der Waals surface area contributed by atoms with Gasteiger partial charge in [-0.25, -0.2) is 4.68 Å². The van der Waals surface area contributed by atoms with Crippen LogP contribution in [-0.2, 0) is 13.5 Å². The van der Waals surface area contributed by atoms with Crippen molar-refractivity contribution in [1.29, 1.82) is 0 Å². The molecule has 0 radical (unpaired) electrons. The second-order valence-electron chi connectivity index (χ2n) is 6.79. The van der Waals surface area contributed by atoms with Gasteiger partial charge in [-0.3, -0.25) is 9.59 Å². The third kappa shape index (κ3) is 2.62. The summed E-state index contributed by atoms with van der Waals surface area (Å²) >= 11 is 3.41. The zero-order chi connectivity index (χ0) is 19.3. The highest BCUT2D eigenvalue weighted by molar-refractivity contribution is 7.10. The van der Waals surface area contributed by atoms with E-state index in [9.17, 15) is 9.59 Å². The van der Waals surface area contributed by atoms with Crippen molar-refractivity contribution in [2.24, 2.45) is 7.05 Å². The third-order valence-corrected chi connectivity index (χ3v) is 7.12. The molecule has 4 heterocycles. The standard InChI is InChI=1S/C21H17N3O2S2/c1-23-20(25)14-6-3-2-5-13(14)18(22-23)21(26)24-10-8-16-15(9-12-28-16)19(24)17-7-4-11-27-17/h2-7,9,11-12,19H,8,10H2,1H3/t19-/m1/s1. The molecule has 5 nitrogen and oxygen atoms in total. The maximum atomic E-state index is 13.7. The molecule has 0 spiro atoms. The number of carbonyl (C=O) groups is 1. The molecule has 0 unspecified atom stereocenters. The lowest BCUT2D eigenvalue weighted by Crippen LogP contribution is -2.41. The van der Waals surface area contributed by atoms with Crippen molar-refractivity contribution in [2.45, 2.75) is 12.5 Å². The minimum absolute atomic E-state index is 0.111. The number of amides is 1. The fourth-order valence-electron chi connectivity index (χ4n) is 3.88. The van der Waals surface area contributed by atoms with Crippen LogP contribution >= 0.6 is 22.7 Å². The maximum Gasteiger partial charge on any atom is 0.275 e. The van der Waals surface area contributed by atoms with Crippen molar-refractivity contribution < 1.29 is 4.79 Å². The number of carbonyl (C=O) groups excluding carboxylic acids is 1. The molecule has 140 valence electrons. The number of rotatable bonds is 2. The van der Waals surface area contributed by atoms with E-state index >= 15 is 0 Å². The molecule has 1 aliphatic rings. The summed E-state index contributed by atoms with van der Waals surface area (Å²) in [4.78, 5) is 30.5. The maximum absolute atomic E-state index is 13.7. The number of benzene rings is 1. The summed E-state index contributed by atoms with van der Waals surface area (Å²) in [6, 6.07) is 13.3. The highest BCUT2D eigenvalue weighted by Crippen LogP contribution is 2.40. The Bertz CT molecular complexity index is 1240. The fourth-order valence-corrected chi connectivity index (χ4v) is 5.64. The van der Waals surface area contributed by atoms with Gasteiger partial charge in [-0.1, -0.05) is 24.3 Å². The van der Waals surface area contributed by atoms with Crippen LogP contribution in [0.1, 0.15) is 31.8 Å². The molecule has 0 saturated carbocycles. The lowest BCUT2D eigenvalue weighted by atomic mass is 9.97. The van der Waals surface area contributed by atoms with Crippen molar-refractivity contribution in [1.82, 2.24) is 14.7 Å². The molecule has 5 rings (SSSR count). The van der Waals surface area contributed by atoms with Crippen LogP contribution in [0.4, 0.5) is 0 Å². The zero-order valence-electron chi connectivity index (χ0n) is 15.2. The van der Waals surface area contributed by atoms with E-state index < -0.39 is 0 Å². The molecule has 28 heavy (non-hydrogen) atoms. The molecule has 4 aromatic rings. The van der Waals surface area contributed by atoms with Gasteiger partial charge in [0.1, 0.15) is 0 Å². The second-order valence-corrected chi connectivity index (χ2v) is 8.77. The van der Waals surface area contributed by atoms with Gasteiger partial charge in [-0.2, -0.15) is 5.10 Å². The molecular weight excluding hydrogens is 390 g/mol. The molecule has 1 atom stereocenters. The molecule has 1 aliphatic heterocycles. The summed E-state index contributed by atoms with van der Waals surface area (Å²) in [5, 5.41) is 9.62. The average Bonchev–Trinajstić information content (AvgIpc) is 3.41. The van der Waals surface area contributed by atoms with E-state index in [2.05, 4.69) is 22.6 Å². The normalized spacial score (nSPS) is 16.3. The first-order valence-electron chi connectivity index (χ1n) is 9.02. The predicted octanol–water partition coefficient (Wildman–Crippen LogP) is 3.84. The molecule has 0 saturated heterocycles. The number of nitrogens with zero attached hydrogens (tertiary/aromatic N) is 3. The summed E-state index contributed by atoms with van der Waals surface area (Å²) in [7, 11) is 1.59. The lowest BCUT2D eigenvalue weighted by Gasteiger charge is -2.35. The van der Waals surface area contributed by atoms with E-state index in [1.165, 1.54) is 15.1 Å². The minimum Gasteiger partial charge on any atom is -0.325 e. The molecular formula is C21H17N3O2S2. The Morgan fingerprint density at radius 3 is 2.68 bits per heavy atom. The first-order valence-corrected chi connectivity index (χ1v) is 10.8. The Labute approximate surface area is 169 Å². The molecule has 0 bridgehead atoms. The zero-order valence-corrected chi connectivity index (χ0v) is 16.8. The van der Waals surface area contributed by atoms with E-state index in [0.29, 0.717) is 23.0 Å². The van der Waals surface area contributed by atoms with Gasteiger partial charge >= 0.3 is 0 Å². The van der Waals surface area contributed by atoms with Crippen LogP contribution in [0.15, 0.2) is 58.0 Å². The highest BCUT2D eigenvalue weighted by atomic mass is 32.1.